The highest BCUT2D eigenvalue weighted by Gasteiger charge is 2.13. The summed E-state index contributed by atoms with van der Waals surface area (Å²) in [5.74, 6) is 0.00240. The molecule has 0 fully saturated rings. The first-order valence-corrected chi connectivity index (χ1v) is 5.16. The van der Waals surface area contributed by atoms with Gasteiger partial charge in [-0.25, -0.2) is 0 Å². The zero-order valence-electron chi connectivity index (χ0n) is 9.52. The summed E-state index contributed by atoms with van der Waals surface area (Å²) in [5, 5.41) is 19.8. The van der Waals surface area contributed by atoms with Crippen molar-refractivity contribution in [2.24, 2.45) is 0 Å². The number of ketones is 1. The van der Waals surface area contributed by atoms with E-state index in [0.29, 0.717) is 16.7 Å². The molecule has 0 spiro atoms. The monoisotopic (exact) mass is 232 g/mol. The Kier molecular flexibility index (Phi) is 2.63. The number of furan rings is 1. The Bertz CT molecular complexity index is 620. The van der Waals surface area contributed by atoms with Gasteiger partial charge in [-0.1, -0.05) is 0 Å². The highest BCUT2D eigenvalue weighted by Crippen LogP contribution is 2.29. The van der Waals surface area contributed by atoms with Crippen LogP contribution < -0.4 is 0 Å². The van der Waals surface area contributed by atoms with Crippen LogP contribution in [0, 0.1) is 0 Å². The van der Waals surface area contributed by atoms with Gasteiger partial charge in [-0.05, 0) is 38.1 Å². The van der Waals surface area contributed by atoms with Crippen LogP contribution in [0.4, 0.5) is 0 Å². The molecule has 4 heteroatoms. The molecule has 2 aromatic rings. The van der Waals surface area contributed by atoms with Crippen molar-refractivity contribution in [2.75, 3.05) is 0 Å². The lowest BCUT2D eigenvalue weighted by molar-refractivity contribution is 0.101. The second kappa shape index (κ2) is 3.97. The second-order valence-corrected chi connectivity index (χ2v) is 3.75. The molecule has 0 aliphatic carbocycles. The predicted octanol–water partition coefficient (Wildman–Crippen LogP) is 3.26. The van der Waals surface area contributed by atoms with Gasteiger partial charge in [-0.15, -0.1) is 0 Å². The fourth-order valence-corrected chi connectivity index (χ4v) is 1.63. The topological polar surface area (TPSA) is 70.7 Å². The van der Waals surface area contributed by atoms with Gasteiger partial charge in [0.2, 0.25) is 0 Å². The smallest absolute Gasteiger partial charge is 0.169 e. The Labute approximate surface area is 97.8 Å². The fourth-order valence-electron chi connectivity index (χ4n) is 1.63. The van der Waals surface area contributed by atoms with E-state index in [1.54, 1.807) is 13.0 Å². The van der Waals surface area contributed by atoms with Crippen LogP contribution in [0.25, 0.3) is 16.7 Å². The van der Waals surface area contributed by atoms with E-state index in [-0.39, 0.29) is 22.9 Å². The van der Waals surface area contributed by atoms with Gasteiger partial charge in [0.25, 0.3) is 0 Å². The summed E-state index contributed by atoms with van der Waals surface area (Å²) in [5.41, 5.74) is 0.662. The van der Waals surface area contributed by atoms with Gasteiger partial charge in [-0.2, -0.15) is 0 Å². The van der Waals surface area contributed by atoms with E-state index in [9.17, 15) is 15.0 Å². The molecule has 1 aromatic carbocycles. The predicted molar refractivity (Wildman–Crippen MR) is 64.2 cm³/mol. The number of benzene rings is 1. The molecule has 0 unspecified atom stereocenters. The van der Waals surface area contributed by atoms with Crippen molar-refractivity contribution >= 4 is 22.5 Å². The highest BCUT2D eigenvalue weighted by molar-refractivity contribution is 6.00. The molecule has 0 aliphatic heterocycles. The molecule has 0 bridgehead atoms. The molecule has 0 atom stereocenters. The normalized spacial score (nSPS) is 12.0. The lowest BCUT2D eigenvalue weighted by Gasteiger charge is -1.99. The number of phenolic OH excluding ortho intramolecular Hbond substituents is 1. The third-order valence-corrected chi connectivity index (χ3v) is 2.54. The van der Waals surface area contributed by atoms with E-state index >= 15 is 0 Å². The molecule has 88 valence electrons. The molecular formula is C13H12O4. The SMILES string of the molecule is CC=C(O)c1cc2cc(O)c(C(C)=O)cc2o1. The molecule has 0 saturated heterocycles. The third kappa shape index (κ3) is 1.89. The van der Waals surface area contributed by atoms with E-state index < -0.39 is 0 Å². The number of phenols is 1. The molecule has 2 rings (SSSR count). The van der Waals surface area contributed by atoms with E-state index in [1.807, 2.05) is 0 Å². The van der Waals surface area contributed by atoms with Crippen molar-refractivity contribution < 1.29 is 19.4 Å². The molecule has 4 nitrogen and oxygen atoms in total. The van der Waals surface area contributed by atoms with Gasteiger partial charge in [-0.3, -0.25) is 4.79 Å². The number of aromatic hydroxyl groups is 1. The summed E-state index contributed by atoms with van der Waals surface area (Å²) < 4.78 is 5.38. The lowest BCUT2D eigenvalue weighted by atomic mass is 10.1. The number of carbonyl (C=O) groups excluding carboxylic acids is 1. The lowest BCUT2D eigenvalue weighted by Crippen LogP contribution is -1.91. The first-order valence-electron chi connectivity index (χ1n) is 5.16. The minimum absolute atomic E-state index is 0.0186. The fraction of sp³-hybridized carbons (Fsp3) is 0.154. The molecule has 1 aromatic heterocycles. The largest absolute Gasteiger partial charge is 0.507 e. The van der Waals surface area contributed by atoms with Gasteiger partial charge >= 0.3 is 0 Å². The van der Waals surface area contributed by atoms with Crippen molar-refractivity contribution in [1.29, 1.82) is 0 Å². The highest BCUT2D eigenvalue weighted by atomic mass is 16.4. The minimum atomic E-state index is -0.238. The Morgan fingerprint density at radius 3 is 2.65 bits per heavy atom. The molecular weight excluding hydrogens is 220 g/mol. The van der Waals surface area contributed by atoms with Crippen LogP contribution in [0.15, 0.2) is 28.7 Å². The summed E-state index contributed by atoms with van der Waals surface area (Å²) in [6.45, 7) is 3.05. The summed E-state index contributed by atoms with van der Waals surface area (Å²) in [6.07, 6.45) is 1.50. The Morgan fingerprint density at radius 1 is 1.35 bits per heavy atom. The molecule has 0 radical (unpaired) electrons. The van der Waals surface area contributed by atoms with Crippen LogP contribution in [0.5, 0.6) is 5.75 Å². The Morgan fingerprint density at radius 2 is 2.06 bits per heavy atom. The summed E-state index contributed by atoms with van der Waals surface area (Å²) in [7, 11) is 0. The number of fused-ring (bicyclic) bond motifs is 1. The number of aliphatic hydroxyl groups is 1. The molecule has 17 heavy (non-hydrogen) atoms. The average Bonchev–Trinajstić information content (AvgIpc) is 2.69. The van der Waals surface area contributed by atoms with E-state index in [1.165, 1.54) is 25.1 Å². The average molecular weight is 232 g/mol. The molecule has 2 N–H and O–H groups in total. The first kappa shape index (κ1) is 11.3. The standard InChI is InChI=1S/C13H12O4/c1-3-10(15)13-5-8-4-11(16)9(7(2)14)6-12(8)17-13/h3-6,15-16H,1-2H3. The van der Waals surface area contributed by atoms with Gasteiger partial charge in [0.05, 0.1) is 5.56 Å². The van der Waals surface area contributed by atoms with E-state index in [0.717, 1.165) is 0 Å². The number of Topliss-reactive ketones (excluding diaryl/α,β-unsaturated/α-hetero) is 1. The van der Waals surface area contributed by atoms with Crippen LogP contribution in [-0.4, -0.2) is 16.0 Å². The van der Waals surface area contributed by atoms with Gasteiger partial charge in [0.15, 0.2) is 17.3 Å². The molecule has 0 amide bonds. The minimum Gasteiger partial charge on any atom is -0.507 e. The zero-order valence-corrected chi connectivity index (χ0v) is 9.52. The first-order chi connectivity index (χ1) is 8.02. The third-order valence-electron chi connectivity index (χ3n) is 2.54. The zero-order chi connectivity index (χ0) is 12.6. The molecule has 0 saturated carbocycles. The summed E-state index contributed by atoms with van der Waals surface area (Å²) in [4.78, 5) is 11.2. The van der Waals surface area contributed by atoms with E-state index in [2.05, 4.69) is 0 Å². The van der Waals surface area contributed by atoms with Crippen molar-refractivity contribution in [3.05, 3.63) is 35.6 Å². The van der Waals surface area contributed by atoms with Crippen LogP contribution in [0.2, 0.25) is 0 Å². The van der Waals surface area contributed by atoms with Crippen LogP contribution in [-0.2, 0) is 0 Å². The van der Waals surface area contributed by atoms with Crippen molar-refractivity contribution in [1.82, 2.24) is 0 Å². The maximum absolute atomic E-state index is 11.2. The number of rotatable bonds is 2. The van der Waals surface area contributed by atoms with Crippen LogP contribution >= 0.6 is 0 Å². The molecule has 0 aliphatic rings. The van der Waals surface area contributed by atoms with Crippen molar-refractivity contribution in [3.63, 3.8) is 0 Å². The second-order valence-electron chi connectivity index (χ2n) is 3.75. The number of carbonyl (C=O) groups is 1. The quantitative estimate of drug-likeness (QED) is 0.615. The number of hydrogen-bond donors (Lipinski definition) is 2. The Balaban J connectivity index is 2.66. The van der Waals surface area contributed by atoms with E-state index in [4.69, 9.17) is 4.42 Å². The van der Waals surface area contributed by atoms with Crippen molar-refractivity contribution in [2.45, 2.75) is 13.8 Å². The summed E-state index contributed by atoms with van der Waals surface area (Å²) >= 11 is 0. The van der Waals surface area contributed by atoms with Gasteiger partial charge in [0, 0.05) is 5.39 Å². The van der Waals surface area contributed by atoms with Crippen LogP contribution in [0.1, 0.15) is 30.0 Å². The van der Waals surface area contributed by atoms with Gasteiger partial charge in [0.1, 0.15) is 11.3 Å². The molecule has 1 heterocycles. The van der Waals surface area contributed by atoms with Gasteiger partial charge < -0.3 is 14.6 Å². The number of aliphatic hydroxyl groups excluding tert-OH is 1. The van der Waals surface area contributed by atoms with Crippen molar-refractivity contribution in [3.8, 4) is 5.75 Å². The maximum atomic E-state index is 11.2. The van der Waals surface area contributed by atoms with Crippen LogP contribution in [0.3, 0.4) is 0 Å². The number of hydrogen-bond acceptors (Lipinski definition) is 4. The number of allylic oxidation sites excluding steroid dienone is 1. The summed E-state index contributed by atoms with van der Waals surface area (Å²) in [6, 6.07) is 4.52. The Hall–Kier alpha value is -2.23. The maximum Gasteiger partial charge on any atom is 0.169 e.